The Balaban J connectivity index is 2.71. The van der Waals surface area contributed by atoms with Gasteiger partial charge in [-0.05, 0) is 18.2 Å². The summed E-state index contributed by atoms with van der Waals surface area (Å²) in [5.41, 5.74) is -4.06. The van der Waals surface area contributed by atoms with Crippen molar-refractivity contribution < 1.29 is 27.4 Å². The van der Waals surface area contributed by atoms with Gasteiger partial charge in [0.1, 0.15) is 11.5 Å². The van der Waals surface area contributed by atoms with E-state index in [9.17, 15) is 18.0 Å². The fourth-order valence-electron chi connectivity index (χ4n) is 1.57. The first-order valence-corrected chi connectivity index (χ1v) is 7.20. The van der Waals surface area contributed by atoms with Crippen LogP contribution in [0.15, 0.2) is 18.2 Å². The van der Waals surface area contributed by atoms with Gasteiger partial charge in [0.05, 0.1) is 19.6 Å². The fraction of sp³-hybridized carbons (Fsp3) is 0.462. The molecule has 0 fully saturated rings. The smallest absolute Gasteiger partial charge is 0.443 e. The maximum absolute atomic E-state index is 12.3. The predicted molar refractivity (Wildman–Crippen MR) is 79.4 cm³/mol. The zero-order chi connectivity index (χ0) is 16.8. The van der Waals surface area contributed by atoms with E-state index in [0.717, 1.165) is 0 Å². The number of methoxy groups -OCH3 is 2. The van der Waals surface area contributed by atoms with Crippen LogP contribution in [0.4, 0.5) is 23.7 Å². The van der Waals surface area contributed by atoms with Gasteiger partial charge < -0.3 is 20.1 Å². The molecule has 0 spiro atoms. The Morgan fingerprint density at radius 3 is 2.18 bits per heavy atom. The molecule has 0 aliphatic rings. The highest BCUT2D eigenvalue weighted by Gasteiger charge is 2.33. The number of nitrogens with one attached hydrogen (secondary N) is 2. The number of halogens is 3. The van der Waals surface area contributed by atoms with E-state index in [0.29, 0.717) is 17.2 Å². The lowest BCUT2D eigenvalue weighted by molar-refractivity contribution is -0.0335. The van der Waals surface area contributed by atoms with Gasteiger partial charge in [-0.1, -0.05) is 6.92 Å². The van der Waals surface area contributed by atoms with Crippen molar-refractivity contribution in [1.29, 1.82) is 0 Å². The number of anilines is 1. The van der Waals surface area contributed by atoms with Crippen LogP contribution < -0.4 is 20.1 Å². The summed E-state index contributed by atoms with van der Waals surface area (Å²) in [4.78, 5) is 11.8. The molecule has 5 nitrogen and oxygen atoms in total. The molecule has 1 aromatic carbocycles. The average Bonchev–Trinajstić information content (AvgIpc) is 2.44. The Morgan fingerprint density at radius 1 is 1.23 bits per heavy atom. The Kier molecular flexibility index (Phi) is 6.66. The molecule has 0 bridgehead atoms. The van der Waals surface area contributed by atoms with Crippen molar-refractivity contribution in [2.75, 3.05) is 19.5 Å². The fourth-order valence-corrected chi connectivity index (χ4v) is 2.22. The second-order valence-corrected chi connectivity index (χ2v) is 5.43. The lowest BCUT2D eigenvalue weighted by atomic mass is 10.3. The minimum atomic E-state index is -4.41. The summed E-state index contributed by atoms with van der Waals surface area (Å²) in [6, 6.07) is 3.93. The van der Waals surface area contributed by atoms with E-state index in [2.05, 4.69) is 10.6 Å². The van der Waals surface area contributed by atoms with Crippen LogP contribution in [0, 0.1) is 0 Å². The van der Waals surface area contributed by atoms with Crippen molar-refractivity contribution in [3.8, 4) is 11.5 Å². The van der Waals surface area contributed by atoms with Gasteiger partial charge in [0.2, 0.25) is 0 Å². The minimum Gasteiger partial charge on any atom is -0.497 e. The zero-order valence-electron chi connectivity index (χ0n) is 12.3. The number of carbonyl (C=O) groups excluding carboxylic acids is 1. The molecule has 22 heavy (non-hydrogen) atoms. The van der Waals surface area contributed by atoms with E-state index in [-0.39, 0.29) is 18.2 Å². The summed E-state index contributed by atoms with van der Waals surface area (Å²) in [6.07, 6.45) is 0.138. The minimum absolute atomic E-state index is 0.138. The number of carbonyl (C=O) groups is 1. The summed E-state index contributed by atoms with van der Waals surface area (Å²) in [5.74, 6) is 0.901. The number of alkyl halides is 3. The first kappa shape index (κ1) is 18.3. The quantitative estimate of drug-likeness (QED) is 0.774. The highest BCUT2D eigenvalue weighted by atomic mass is 32.2. The van der Waals surface area contributed by atoms with Gasteiger partial charge in [0.25, 0.3) is 0 Å². The van der Waals surface area contributed by atoms with Crippen LogP contribution in [-0.2, 0) is 0 Å². The maximum Gasteiger partial charge on any atom is 0.443 e. The van der Waals surface area contributed by atoms with E-state index in [1.54, 1.807) is 13.0 Å². The third kappa shape index (κ3) is 6.33. The molecule has 0 aliphatic carbocycles. The maximum atomic E-state index is 12.3. The molecule has 0 saturated heterocycles. The molecule has 2 N–H and O–H groups in total. The molecule has 1 unspecified atom stereocenters. The van der Waals surface area contributed by atoms with Crippen LogP contribution in [0.1, 0.15) is 13.3 Å². The Morgan fingerprint density at radius 2 is 1.77 bits per heavy atom. The first-order valence-electron chi connectivity index (χ1n) is 6.32. The Hall–Kier alpha value is -1.77. The number of hydrogen-bond donors (Lipinski definition) is 2. The number of hydrogen-bond acceptors (Lipinski definition) is 4. The highest BCUT2D eigenvalue weighted by Crippen LogP contribution is 2.34. The lowest BCUT2D eigenvalue weighted by Gasteiger charge is -2.18. The van der Waals surface area contributed by atoms with Crippen LogP contribution in [0.25, 0.3) is 0 Å². The van der Waals surface area contributed by atoms with Gasteiger partial charge in [-0.3, -0.25) is 0 Å². The second-order valence-electron chi connectivity index (χ2n) is 4.16. The van der Waals surface area contributed by atoms with Crippen molar-refractivity contribution in [2.24, 2.45) is 0 Å². The van der Waals surface area contributed by atoms with E-state index < -0.39 is 16.9 Å². The summed E-state index contributed by atoms with van der Waals surface area (Å²) < 4.78 is 47.1. The third-order valence-corrected chi connectivity index (χ3v) is 3.55. The van der Waals surface area contributed by atoms with Crippen LogP contribution in [0.5, 0.6) is 11.5 Å². The topological polar surface area (TPSA) is 59.6 Å². The average molecular weight is 338 g/mol. The normalized spacial score (nSPS) is 12.5. The summed E-state index contributed by atoms with van der Waals surface area (Å²) in [6.45, 7) is 1.55. The van der Waals surface area contributed by atoms with Crippen molar-refractivity contribution in [3.63, 3.8) is 0 Å². The molecule has 1 atom stereocenters. The van der Waals surface area contributed by atoms with Gasteiger partial charge in [-0.2, -0.15) is 13.2 Å². The molecular weight excluding hydrogens is 321 g/mol. The van der Waals surface area contributed by atoms with Crippen LogP contribution in [0.3, 0.4) is 0 Å². The molecule has 0 heterocycles. The van der Waals surface area contributed by atoms with Crippen LogP contribution in [-0.4, -0.2) is 31.1 Å². The lowest BCUT2D eigenvalue weighted by Crippen LogP contribution is -2.37. The predicted octanol–water partition coefficient (Wildman–Crippen LogP) is 3.81. The molecule has 0 aliphatic heterocycles. The number of urea groups is 1. The van der Waals surface area contributed by atoms with Gasteiger partial charge in [0.15, 0.2) is 0 Å². The number of amides is 2. The monoisotopic (exact) mass is 338 g/mol. The second kappa shape index (κ2) is 8.02. The Labute approximate surface area is 130 Å². The molecule has 0 aromatic heterocycles. The van der Waals surface area contributed by atoms with Gasteiger partial charge in [-0.15, -0.1) is 0 Å². The zero-order valence-corrected chi connectivity index (χ0v) is 13.1. The van der Waals surface area contributed by atoms with Gasteiger partial charge in [0, 0.05) is 23.9 Å². The van der Waals surface area contributed by atoms with E-state index in [1.165, 1.54) is 26.4 Å². The molecular formula is C13H17F3N2O3S. The summed E-state index contributed by atoms with van der Waals surface area (Å²) in [7, 11) is 2.90. The first-order chi connectivity index (χ1) is 10.3. The standard InChI is InChI=1S/C13H17F3N2O3S/c1-4-11(22-13(14,15)16)18-12(19)17-8-5-9(20-2)7-10(6-8)21-3/h5-7,11H,4H2,1-3H3,(H2,17,18,19). The van der Waals surface area contributed by atoms with Crippen LogP contribution in [0.2, 0.25) is 0 Å². The molecule has 1 rings (SSSR count). The largest absolute Gasteiger partial charge is 0.497 e. The molecule has 124 valence electrons. The van der Waals surface area contributed by atoms with E-state index >= 15 is 0 Å². The van der Waals surface area contributed by atoms with Crippen LogP contribution >= 0.6 is 11.8 Å². The highest BCUT2D eigenvalue weighted by molar-refractivity contribution is 8.00. The molecule has 1 aromatic rings. The molecule has 2 amide bonds. The number of benzene rings is 1. The number of thioether (sulfide) groups is 1. The van der Waals surface area contributed by atoms with Gasteiger partial charge >= 0.3 is 11.5 Å². The molecule has 0 saturated carbocycles. The van der Waals surface area contributed by atoms with Gasteiger partial charge in [-0.25, -0.2) is 4.79 Å². The molecule has 9 heteroatoms. The van der Waals surface area contributed by atoms with Crippen molar-refractivity contribution in [3.05, 3.63) is 18.2 Å². The summed E-state index contributed by atoms with van der Waals surface area (Å²) in [5, 5.41) is 3.65. The summed E-state index contributed by atoms with van der Waals surface area (Å²) >= 11 is -0.265. The molecule has 0 radical (unpaired) electrons. The number of rotatable bonds is 6. The van der Waals surface area contributed by atoms with E-state index in [4.69, 9.17) is 9.47 Å². The van der Waals surface area contributed by atoms with Crippen molar-refractivity contribution >= 4 is 23.5 Å². The van der Waals surface area contributed by atoms with E-state index in [1.807, 2.05) is 0 Å². The number of ether oxygens (including phenoxy) is 2. The SMILES string of the molecule is CCC(NC(=O)Nc1cc(OC)cc(OC)c1)SC(F)(F)F. The Bertz CT molecular complexity index is 490. The van der Waals surface area contributed by atoms with Crippen molar-refractivity contribution in [2.45, 2.75) is 24.2 Å². The van der Waals surface area contributed by atoms with Crippen molar-refractivity contribution in [1.82, 2.24) is 5.32 Å². The third-order valence-electron chi connectivity index (χ3n) is 2.55.